The molecule has 0 saturated heterocycles. The van der Waals surface area contributed by atoms with E-state index in [-0.39, 0.29) is 5.82 Å². The number of carbonyl (C=O) groups excluding carboxylic acids is 1. The zero-order valence-corrected chi connectivity index (χ0v) is 17.4. The van der Waals surface area contributed by atoms with Crippen molar-refractivity contribution in [2.75, 3.05) is 11.9 Å². The van der Waals surface area contributed by atoms with E-state index in [4.69, 9.17) is 10.2 Å². The number of hydrogen-bond donors (Lipinski definition) is 4. The second-order valence-electron chi connectivity index (χ2n) is 6.96. The molecule has 4 N–H and O–H groups in total. The SMILES string of the molecule is O=C(N[C@@H](CO)C(=O)O)c1ccc(-c2ccc(Nc3nc4ccc(F)cc4s3)cc2)cc1. The maximum atomic E-state index is 13.4. The van der Waals surface area contributed by atoms with Crippen molar-refractivity contribution >= 4 is 44.2 Å². The van der Waals surface area contributed by atoms with Crippen molar-refractivity contribution in [1.29, 1.82) is 0 Å². The molecule has 0 unspecified atom stereocenters. The summed E-state index contributed by atoms with van der Waals surface area (Å²) in [5, 5.41) is 24.1. The highest BCUT2D eigenvalue weighted by Crippen LogP contribution is 2.30. The van der Waals surface area contributed by atoms with Crippen molar-refractivity contribution in [2.45, 2.75) is 6.04 Å². The van der Waals surface area contributed by atoms with Crippen LogP contribution in [0, 0.1) is 5.82 Å². The molecule has 0 spiro atoms. The van der Waals surface area contributed by atoms with Gasteiger partial charge in [-0.25, -0.2) is 14.2 Å². The number of carboxylic acid groups (broad SMARTS) is 1. The number of aromatic nitrogens is 1. The van der Waals surface area contributed by atoms with Crippen molar-refractivity contribution in [3.05, 3.63) is 78.1 Å². The summed E-state index contributed by atoms with van der Waals surface area (Å²) in [5.74, 6) is -2.17. The van der Waals surface area contributed by atoms with E-state index in [0.29, 0.717) is 10.7 Å². The van der Waals surface area contributed by atoms with Gasteiger partial charge in [-0.05, 0) is 53.6 Å². The summed E-state index contributed by atoms with van der Waals surface area (Å²) in [6.45, 7) is -0.687. The van der Waals surface area contributed by atoms with Crippen molar-refractivity contribution in [3.8, 4) is 11.1 Å². The molecule has 0 aliphatic rings. The second-order valence-corrected chi connectivity index (χ2v) is 7.99. The number of benzene rings is 3. The fourth-order valence-corrected chi connectivity index (χ4v) is 3.97. The van der Waals surface area contributed by atoms with Gasteiger partial charge in [-0.15, -0.1) is 0 Å². The second kappa shape index (κ2) is 9.13. The molecule has 0 bridgehead atoms. The van der Waals surface area contributed by atoms with Gasteiger partial charge in [0, 0.05) is 11.3 Å². The van der Waals surface area contributed by atoms with E-state index in [1.165, 1.54) is 23.5 Å². The molecule has 32 heavy (non-hydrogen) atoms. The van der Waals surface area contributed by atoms with E-state index in [0.717, 1.165) is 27.0 Å². The van der Waals surface area contributed by atoms with Crippen LogP contribution < -0.4 is 10.6 Å². The van der Waals surface area contributed by atoms with Crippen LogP contribution in [-0.4, -0.2) is 39.7 Å². The number of nitrogens with zero attached hydrogens (tertiary/aromatic N) is 1. The monoisotopic (exact) mass is 451 g/mol. The van der Waals surface area contributed by atoms with Crippen molar-refractivity contribution in [3.63, 3.8) is 0 Å². The Morgan fingerprint density at radius 1 is 1.00 bits per heavy atom. The van der Waals surface area contributed by atoms with Crippen LogP contribution in [0.4, 0.5) is 15.2 Å². The number of halogens is 1. The molecule has 3 aromatic carbocycles. The molecule has 1 amide bonds. The highest BCUT2D eigenvalue weighted by atomic mass is 32.1. The predicted octanol–water partition coefficient (Wildman–Crippen LogP) is 4.02. The molecule has 0 aliphatic heterocycles. The van der Waals surface area contributed by atoms with Crippen molar-refractivity contribution < 1.29 is 24.2 Å². The van der Waals surface area contributed by atoms with Crippen LogP contribution in [0.15, 0.2) is 66.7 Å². The van der Waals surface area contributed by atoms with Gasteiger partial charge in [0.25, 0.3) is 5.91 Å². The number of carboxylic acids is 1. The first-order chi connectivity index (χ1) is 15.4. The number of carbonyl (C=O) groups is 2. The molecule has 0 saturated carbocycles. The lowest BCUT2D eigenvalue weighted by Crippen LogP contribution is -2.43. The predicted molar refractivity (Wildman–Crippen MR) is 121 cm³/mol. The van der Waals surface area contributed by atoms with Gasteiger partial charge < -0.3 is 20.8 Å². The lowest BCUT2D eigenvalue weighted by atomic mass is 10.0. The molecule has 0 aliphatic carbocycles. The Labute approximate surface area is 186 Å². The van der Waals surface area contributed by atoms with Gasteiger partial charge in [0.05, 0.1) is 16.8 Å². The number of amides is 1. The molecular weight excluding hydrogens is 433 g/mol. The van der Waals surface area contributed by atoms with E-state index in [2.05, 4.69) is 15.6 Å². The lowest BCUT2D eigenvalue weighted by molar-refractivity contribution is -0.140. The molecule has 162 valence electrons. The Morgan fingerprint density at radius 3 is 2.28 bits per heavy atom. The molecule has 1 atom stereocenters. The van der Waals surface area contributed by atoms with E-state index in [1.807, 2.05) is 24.3 Å². The number of anilines is 2. The Balaban J connectivity index is 1.44. The molecular formula is C23H18FN3O4S. The number of hydrogen-bond acceptors (Lipinski definition) is 6. The van der Waals surface area contributed by atoms with Crippen LogP contribution in [0.2, 0.25) is 0 Å². The minimum absolute atomic E-state index is 0.291. The molecule has 1 aromatic heterocycles. The van der Waals surface area contributed by atoms with Crippen molar-refractivity contribution in [1.82, 2.24) is 10.3 Å². The van der Waals surface area contributed by atoms with E-state index in [9.17, 15) is 14.0 Å². The van der Waals surface area contributed by atoms with Gasteiger partial charge in [-0.3, -0.25) is 4.79 Å². The number of aliphatic hydroxyl groups is 1. The van der Waals surface area contributed by atoms with Gasteiger partial charge in [0.15, 0.2) is 11.2 Å². The maximum Gasteiger partial charge on any atom is 0.328 e. The number of aliphatic carboxylic acids is 1. The van der Waals surface area contributed by atoms with Crippen LogP contribution in [-0.2, 0) is 4.79 Å². The zero-order valence-electron chi connectivity index (χ0n) is 16.6. The maximum absolute atomic E-state index is 13.4. The normalized spacial score (nSPS) is 11.8. The van der Waals surface area contributed by atoms with Crippen LogP contribution in [0.5, 0.6) is 0 Å². The molecule has 9 heteroatoms. The van der Waals surface area contributed by atoms with Gasteiger partial charge >= 0.3 is 5.97 Å². The number of aliphatic hydroxyl groups excluding tert-OH is 1. The summed E-state index contributed by atoms with van der Waals surface area (Å²) in [6, 6.07) is 17.4. The molecule has 0 radical (unpaired) electrons. The summed E-state index contributed by atoms with van der Waals surface area (Å²) in [7, 11) is 0. The minimum atomic E-state index is -1.35. The Kier molecular flexibility index (Phi) is 6.11. The van der Waals surface area contributed by atoms with Gasteiger partial charge in [0.1, 0.15) is 5.82 Å². The summed E-state index contributed by atoms with van der Waals surface area (Å²) in [6.07, 6.45) is 0. The van der Waals surface area contributed by atoms with Crippen LogP contribution in [0.3, 0.4) is 0 Å². The van der Waals surface area contributed by atoms with Crippen LogP contribution in [0.25, 0.3) is 21.3 Å². The Hall–Kier alpha value is -3.82. The Morgan fingerprint density at radius 2 is 1.66 bits per heavy atom. The third-order valence-corrected chi connectivity index (χ3v) is 5.69. The number of rotatable bonds is 7. The fraction of sp³-hybridized carbons (Fsp3) is 0.0870. The molecule has 4 aromatic rings. The molecule has 7 nitrogen and oxygen atoms in total. The fourth-order valence-electron chi connectivity index (χ4n) is 3.06. The molecule has 0 fully saturated rings. The average Bonchev–Trinajstić information content (AvgIpc) is 3.19. The Bertz CT molecular complexity index is 1270. The molecule has 4 rings (SSSR count). The quantitative estimate of drug-likeness (QED) is 0.338. The lowest BCUT2D eigenvalue weighted by Gasteiger charge is -2.12. The first kappa shape index (κ1) is 21.4. The first-order valence-electron chi connectivity index (χ1n) is 9.61. The van der Waals surface area contributed by atoms with E-state index >= 15 is 0 Å². The number of nitrogens with one attached hydrogen (secondary N) is 2. The summed E-state index contributed by atoms with van der Waals surface area (Å²) in [5.41, 5.74) is 3.65. The molecule has 1 heterocycles. The topological polar surface area (TPSA) is 112 Å². The summed E-state index contributed by atoms with van der Waals surface area (Å²) < 4.78 is 14.1. The number of fused-ring (bicyclic) bond motifs is 1. The highest BCUT2D eigenvalue weighted by molar-refractivity contribution is 7.22. The largest absolute Gasteiger partial charge is 0.480 e. The third kappa shape index (κ3) is 4.74. The van der Waals surface area contributed by atoms with Crippen LogP contribution in [0.1, 0.15) is 10.4 Å². The van der Waals surface area contributed by atoms with Crippen molar-refractivity contribution in [2.24, 2.45) is 0 Å². The highest BCUT2D eigenvalue weighted by Gasteiger charge is 2.19. The average molecular weight is 451 g/mol. The number of thiazole rings is 1. The minimum Gasteiger partial charge on any atom is -0.480 e. The van der Waals surface area contributed by atoms with Gasteiger partial charge in [0.2, 0.25) is 0 Å². The van der Waals surface area contributed by atoms with E-state index in [1.54, 1.807) is 30.3 Å². The van der Waals surface area contributed by atoms with Gasteiger partial charge in [-0.1, -0.05) is 35.6 Å². The summed E-state index contributed by atoms with van der Waals surface area (Å²) >= 11 is 1.37. The van der Waals surface area contributed by atoms with Gasteiger partial charge in [-0.2, -0.15) is 0 Å². The standard InChI is InChI=1S/C23H18FN3O4S/c24-16-7-10-18-20(11-16)32-23(27-18)25-17-8-5-14(6-9-17)13-1-3-15(4-2-13)21(29)26-19(12-28)22(30)31/h1-11,19,28H,12H2,(H,25,27)(H,26,29)(H,30,31)/t19-/m0/s1. The smallest absolute Gasteiger partial charge is 0.328 e. The van der Waals surface area contributed by atoms with E-state index < -0.39 is 24.5 Å². The first-order valence-corrected chi connectivity index (χ1v) is 10.4. The summed E-state index contributed by atoms with van der Waals surface area (Å²) in [4.78, 5) is 27.5. The zero-order chi connectivity index (χ0) is 22.7. The third-order valence-electron chi connectivity index (χ3n) is 4.75. The van der Waals surface area contributed by atoms with Crippen LogP contribution >= 0.6 is 11.3 Å².